The lowest BCUT2D eigenvalue weighted by Crippen LogP contribution is -2.30. The fourth-order valence-electron chi connectivity index (χ4n) is 4.52. The number of rotatable bonds is 4. The molecule has 2 aliphatic carbocycles. The van der Waals surface area contributed by atoms with Gasteiger partial charge in [-0.3, -0.25) is 14.4 Å². The summed E-state index contributed by atoms with van der Waals surface area (Å²) in [7, 11) is 2.87. The smallest absolute Gasteiger partial charge is 0.469 e. The first kappa shape index (κ1) is 44.5. The molecule has 2 N–H and O–H groups in total. The summed E-state index contributed by atoms with van der Waals surface area (Å²) in [6, 6.07) is 0.302. The lowest BCUT2D eigenvalue weighted by atomic mass is 9.80. The van der Waals surface area contributed by atoms with Crippen molar-refractivity contribution in [1.29, 1.82) is 0 Å². The monoisotopic (exact) mass is 667 g/mol. The van der Waals surface area contributed by atoms with Crippen LogP contribution in [0.3, 0.4) is 0 Å². The molecule has 264 valence electrons. The van der Waals surface area contributed by atoms with Crippen molar-refractivity contribution in [2.75, 3.05) is 14.2 Å². The van der Waals surface area contributed by atoms with Gasteiger partial charge in [0.25, 0.3) is 0 Å². The Morgan fingerprint density at radius 2 is 0.911 bits per heavy atom. The topological polar surface area (TPSA) is 167 Å². The van der Waals surface area contributed by atoms with Crippen LogP contribution in [0.1, 0.15) is 120 Å². The maximum atomic E-state index is 11.7. The van der Waals surface area contributed by atoms with E-state index in [2.05, 4.69) is 9.47 Å². The van der Waals surface area contributed by atoms with Crippen molar-refractivity contribution >= 4 is 42.6 Å². The zero-order valence-corrected chi connectivity index (χ0v) is 30.0. The maximum absolute atomic E-state index is 11.7. The lowest BCUT2D eigenvalue weighted by Gasteiger charge is -2.27. The second-order valence-corrected chi connectivity index (χ2v) is 14.2. The molecule has 0 amide bonds. The molecule has 0 radical (unpaired) electrons. The van der Waals surface area contributed by atoms with Gasteiger partial charge in [-0.2, -0.15) is 0 Å². The number of halogens is 1. The number of esters is 3. The molecular formula is C32H58ClNO11. The van der Waals surface area contributed by atoms with E-state index in [1.54, 1.807) is 41.5 Å². The van der Waals surface area contributed by atoms with Crippen LogP contribution in [0.25, 0.3) is 0 Å². The molecular weight excluding hydrogens is 610 g/mol. The van der Waals surface area contributed by atoms with Crippen LogP contribution in [0.4, 0.5) is 9.59 Å². The lowest BCUT2D eigenvalue weighted by molar-refractivity contribution is -0.156. The summed E-state index contributed by atoms with van der Waals surface area (Å²) in [5.74, 6) is 0.150. The van der Waals surface area contributed by atoms with Crippen molar-refractivity contribution in [1.82, 2.24) is 0 Å². The Hall–Kier alpha value is -2.60. The number of methoxy groups -OCH3 is 2. The van der Waals surface area contributed by atoms with Gasteiger partial charge >= 0.3 is 30.2 Å². The minimum atomic E-state index is -1.06. The maximum Gasteiger partial charge on any atom is 0.519 e. The second-order valence-electron chi connectivity index (χ2n) is 14.2. The fourth-order valence-corrected chi connectivity index (χ4v) is 4.52. The number of carbonyl (C=O) groups excluding carboxylic acids is 5. The predicted octanol–water partition coefficient (Wildman–Crippen LogP) is 6.67. The summed E-state index contributed by atoms with van der Waals surface area (Å²) in [5.41, 5.74) is 3.88. The molecule has 2 fully saturated rings. The molecule has 0 aromatic heterocycles. The number of hydrogen-bond acceptors (Lipinski definition) is 12. The first-order valence-electron chi connectivity index (χ1n) is 15.3. The molecule has 12 nitrogen and oxygen atoms in total. The predicted molar refractivity (Wildman–Crippen MR) is 171 cm³/mol. The summed E-state index contributed by atoms with van der Waals surface area (Å²) in [6.07, 6.45) is 5.50. The normalized spacial score (nSPS) is 21.4. The highest BCUT2D eigenvalue weighted by molar-refractivity contribution is 5.85. The van der Waals surface area contributed by atoms with Crippen LogP contribution in [-0.2, 0) is 42.8 Å². The van der Waals surface area contributed by atoms with Crippen LogP contribution >= 0.6 is 12.4 Å². The van der Waals surface area contributed by atoms with Gasteiger partial charge in [-0.1, -0.05) is 0 Å². The van der Waals surface area contributed by atoms with Crippen LogP contribution in [-0.4, -0.2) is 67.3 Å². The molecule has 0 heterocycles. The fraction of sp³-hybridized carbons (Fsp3) is 0.844. The molecule has 0 spiro atoms. The Morgan fingerprint density at radius 1 is 0.578 bits per heavy atom. The van der Waals surface area contributed by atoms with E-state index in [-0.39, 0.29) is 42.2 Å². The zero-order chi connectivity index (χ0) is 34.3. The van der Waals surface area contributed by atoms with Crippen molar-refractivity contribution in [3.05, 3.63) is 0 Å². The summed E-state index contributed by atoms with van der Waals surface area (Å²) < 4.78 is 28.5. The molecule has 0 bridgehead atoms. The minimum Gasteiger partial charge on any atom is -0.469 e. The van der Waals surface area contributed by atoms with Crippen LogP contribution in [0.2, 0.25) is 0 Å². The minimum absolute atomic E-state index is 0. The third-order valence-corrected chi connectivity index (χ3v) is 6.51. The summed E-state index contributed by atoms with van der Waals surface area (Å²) in [4.78, 5) is 56.1. The van der Waals surface area contributed by atoms with Gasteiger partial charge in [0.2, 0.25) is 0 Å². The van der Waals surface area contributed by atoms with Crippen molar-refractivity contribution in [3.63, 3.8) is 0 Å². The highest BCUT2D eigenvalue weighted by Gasteiger charge is 2.29. The first-order chi connectivity index (χ1) is 20.0. The van der Waals surface area contributed by atoms with E-state index in [0.717, 1.165) is 51.4 Å². The standard InChI is InChI=1S/C14H24O4.C10H18O5.C8H15NO2.ClH/c1-14(2,3)18-12(15)9-10-5-7-11(8-6-10)13(16)17-4;1-9(2,3)14-7(11)13-8(12)15-10(4,5)6;1-11-8(10)6-2-4-7(9)5-3-6;/h10-11H,5-9H2,1-4H3;1-6H3;6-7H,2-5,9H2,1H3;1H. The van der Waals surface area contributed by atoms with Gasteiger partial charge in [0.15, 0.2) is 0 Å². The van der Waals surface area contributed by atoms with Gasteiger partial charge in [0, 0.05) is 12.5 Å². The molecule has 0 aromatic rings. The summed E-state index contributed by atoms with van der Waals surface area (Å²) >= 11 is 0. The highest BCUT2D eigenvalue weighted by Crippen LogP contribution is 2.32. The molecule has 0 saturated heterocycles. The van der Waals surface area contributed by atoms with E-state index >= 15 is 0 Å². The molecule has 2 aliphatic rings. The van der Waals surface area contributed by atoms with E-state index in [1.807, 2.05) is 20.8 Å². The Balaban J connectivity index is 0. The van der Waals surface area contributed by atoms with E-state index in [1.165, 1.54) is 14.2 Å². The molecule has 2 saturated carbocycles. The van der Waals surface area contributed by atoms with Crippen LogP contribution < -0.4 is 5.73 Å². The number of nitrogens with two attached hydrogens (primary N) is 1. The van der Waals surface area contributed by atoms with Crippen molar-refractivity contribution in [2.45, 2.75) is 143 Å². The van der Waals surface area contributed by atoms with Gasteiger partial charge in [0.1, 0.15) is 16.8 Å². The Bertz CT molecular complexity index is 893. The molecule has 2 rings (SSSR count). The average Bonchev–Trinajstić information content (AvgIpc) is 2.86. The van der Waals surface area contributed by atoms with E-state index < -0.39 is 29.1 Å². The highest BCUT2D eigenvalue weighted by atomic mass is 35.5. The number of hydrogen-bond donors (Lipinski definition) is 1. The van der Waals surface area contributed by atoms with E-state index in [4.69, 9.17) is 24.7 Å². The largest absolute Gasteiger partial charge is 0.519 e. The van der Waals surface area contributed by atoms with Crippen molar-refractivity contribution < 1.29 is 52.4 Å². The molecule has 45 heavy (non-hydrogen) atoms. The Kier molecular flexibility index (Phi) is 20.3. The Morgan fingerprint density at radius 3 is 1.22 bits per heavy atom. The second kappa shape index (κ2) is 20.5. The van der Waals surface area contributed by atoms with E-state index in [9.17, 15) is 24.0 Å². The quantitative estimate of drug-likeness (QED) is 0.192. The molecule has 0 unspecified atom stereocenters. The number of ether oxygens (including phenoxy) is 6. The van der Waals surface area contributed by atoms with Gasteiger partial charge in [-0.15, -0.1) is 12.4 Å². The molecule has 0 aromatic carbocycles. The number of carbonyl (C=O) groups is 5. The van der Waals surface area contributed by atoms with Crippen molar-refractivity contribution in [2.24, 2.45) is 23.5 Å². The van der Waals surface area contributed by atoms with Crippen LogP contribution in [0.5, 0.6) is 0 Å². The third kappa shape index (κ3) is 23.4. The summed E-state index contributed by atoms with van der Waals surface area (Å²) in [6.45, 7) is 15.6. The third-order valence-electron chi connectivity index (χ3n) is 6.51. The molecule has 13 heteroatoms. The summed E-state index contributed by atoms with van der Waals surface area (Å²) in [5, 5.41) is 0. The zero-order valence-electron chi connectivity index (χ0n) is 29.1. The average molecular weight is 668 g/mol. The first-order valence-corrected chi connectivity index (χ1v) is 15.3. The van der Waals surface area contributed by atoms with Gasteiger partial charge < -0.3 is 34.2 Å². The Labute approximate surface area is 275 Å². The van der Waals surface area contributed by atoms with Crippen LogP contribution in [0.15, 0.2) is 0 Å². The van der Waals surface area contributed by atoms with Crippen molar-refractivity contribution in [3.8, 4) is 0 Å². The molecule has 0 atom stereocenters. The SMILES string of the molecule is CC(C)(C)OC(=O)OC(=O)OC(C)(C)C.COC(=O)C1CCC(CC(=O)OC(C)(C)C)CC1.COC(=O)C1CCC(N)CC1.Cl. The van der Waals surface area contributed by atoms with Crippen LogP contribution in [0, 0.1) is 17.8 Å². The van der Waals surface area contributed by atoms with Gasteiger partial charge in [-0.05, 0) is 120 Å². The van der Waals surface area contributed by atoms with Gasteiger partial charge in [-0.25, -0.2) is 9.59 Å². The van der Waals surface area contributed by atoms with E-state index in [0.29, 0.717) is 18.4 Å². The van der Waals surface area contributed by atoms with Gasteiger partial charge in [0.05, 0.1) is 26.1 Å². The molecule has 0 aliphatic heterocycles.